The number of rotatable bonds is 3. The Kier molecular flexibility index (Phi) is 3.53. The van der Waals surface area contributed by atoms with Gasteiger partial charge in [-0.2, -0.15) is 0 Å². The largest absolute Gasteiger partial charge is 0.0843 e. The van der Waals surface area contributed by atoms with E-state index in [1.165, 1.54) is 5.56 Å². The maximum absolute atomic E-state index is 5.71. The fourth-order valence-electron chi connectivity index (χ4n) is 0.846. The molecule has 0 atom stereocenters. The number of hydrogen-bond donors (Lipinski definition) is 0. The molecule has 0 N–H and O–H groups in total. The van der Waals surface area contributed by atoms with Gasteiger partial charge in [-0.15, -0.1) is 0 Å². The van der Waals surface area contributed by atoms with Gasteiger partial charge in [-0.25, -0.2) is 0 Å². The summed E-state index contributed by atoms with van der Waals surface area (Å²) >= 11 is 10.3. The molecular formula is C9H8ClS. The molecule has 57 valence electrons. The topological polar surface area (TPSA) is 0 Å². The van der Waals surface area contributed by atoms with Crippen molar-refractivity contribution >= 4 is 29.2 Å². The van der Waals surface area contributed by atoms with Crippen LogP contribution in [0, 0.1) is 0 Å². The summed E-state index contributed by atoms with van der Waals surface area (Å²) in [6, 6.07) is 7.80. The van der Waals surface area contributed by atoms with Crippen LogP contribution < -0.4 is 0 Å². The third-order valence-corrected chi connectivity index (χ3v) is 1.89. The minimum Gasteiger partial charge on any atom is -0.0843 e. The van der Waals surface area contributed by atoms with Crippen LogP contribution in [-0.2, 0) is 6.42 Å². The molecule has 2 heteroatoms. The van der Waals surface area contributed by atoms with Crippen molar-refractivity contribution in [1.82, 2.24) is 0 Å². The summed E-state index contributed by atoms with van der Waals surface area (Å²) in [5.74, 6) is 0. The van der Waals surface area contributed by atoms with Gasteiger partial charge < -0.3 is 0 Å². The third kappa shape index (κ3) is 3.00. The van der Waals surface area contributed by atoms with Crippen molar-refractivity contribution in [3.8, 4) is 0 Å². The first-order valence-electron chi connectivity index (χ1n) is 3.42. The van der Waals surface area contributed by atoms with Gasteiger partial charge in [0.05, 0.1) is 0 Å². The van der Waals surface area contributed by atoms with E-state index in [9.17, 15) is 0 Å². The van der Waals surface area contributed by atoms with Crippen LogP contribution in [0.15, 0.2) is 24.3 Å². The monoisotopic (exact) mass is 183 g/mol. The number of aryl methyl sites for hydroxylation is 1. The number of benzene rings is 1. The van der Waals surface area contributed by atoms with Crippen LogP contribution in [-0.4, -0.2) is 5.37 Å². The Morgan fingerprint density at radius 2 is 1.91 bits per heavy atom. The molecule has 0 aromatic heterocycles. The summed E-state index contributed by atoms with van der Waals surface area (Å²) in [6.45, 7) is 0. The van der Waals surface area contributed by atoms with Crippen LogP contribution in [0.2, 0.25) is 5.02 Å². The molecule has 1 radical (unpaired) electrons. The van der Waals surface area contributed by atoms with Gasteiger partial charge in [0.1, 0.15) is 0 Å². The highest BCUT2D eigenvalue weighted by atomic mass is 35.5. The Hall–Kier alpha value is -0.400. The first-order valence-corrected chi connectivity index (χ1v) is 4.21. The lowest BCUT2D eigenvalue weighted by Gasteiger charge is -1.96. The summed E-state index contributed by atoms with van der Waals surface area (Å²) in [6.07, 6.45) is 1.79. The Balaban J connectivity index is 2.58. The molecule has 0 fully saturated rings. The third-order valence-electron chi connectivity index (χ3n) is 1.43. The molecule has 1 aromatic rings. The van der Waals surface area contributed by atoms with Gasteiger partial charge in [-0.05, 0) is 30.5 Å². The molecule has 0 spiro atoms. The molecule has 0 aliphatic rings. The van der Waals surface area contributed by atoms with Gasteiger partial charge in [-0.1, -0.05) is 36.0 Å². The quantitative estimate of drug-likeness (QED) is 0.649. The summed E-state index contributed by atoms with van der Waals surface area (Å²) in [7, 11) is 0. The zero-order chi connectivity index (χ0) is 8.10. The average molecular weight is 184 g/mol. The fourth-order valence-corrected chi connectivity index (χ4v) is 1.07. The minimum atomic E-state index is 0.778. The lowest BCUT2D eigenvalue weighted by molar-refractivity contribution is 1.07. The van der Waals surface area contributed by atoms with E-state index in [4.69, 9.17) is 11.6 Å². The highest BCUT2D eigenvalue weighted by molar-refractivity contribution is 7.78. The van der Waals surface area contributed by atoms with Crippen molar-refractivity contribution in [2.24, 2.45) is 0 Å². The Morgan fingerprint density at radius 3 is 2.45 bits per heavy atom. The van der Waals surface area contributed by atoms with E-state index in [2.05, 4.69) is 17.6 Å². The molecule has 0 nitrogen and oxygen atoms in total. The lowest BCUT2D eigenvalue weighted by Crippen LogP contribution is -1.83. The van der Waals surface area contributed by atoms with Crippen LogP contribution in [0.1, 0.15) is 12.0 Å². The molecule has 0 unspecified atom stereocenters. The van der Waals surface area contributed by atoms with Gasteiger partial charge in [0.2, 0.25) is 0 Å². The Bertz CT molecular complexity index is 228. The van der Waals surface area contributed by atoms with E-state index in [0.717, 1.165) is 17.9 Å². The summed E-state index contributed by atoms with van der Waals surface area (Å²) < 4.78 is 0. The molecule has 0 aliphatic carbocycles. The number of hydrogen-bond acceptors (Lipinski definition) is 1. The van der Waals surface area contributed by atoms with Crippen molar-refractivity contribution in [2.45, 2.75) is 12.8 Å². The Labute approximate surface area is 77.2 Å². The van der Waals surface area contributed by atoms with Crippen LogP contribution in [0.5, 0.6) is 0 Å². The SMILES string of the molecule is S=[C]CCc1ccc(Cl)cc1. The van der Waals surface area contributed by atoms with E-state index in [0.29, 0.717) is 0 Å². The molecule has 0 saturated heterocycles. The standard InChI is InChI=1S/C9H8ClS/c10-9-5-3-8(4-6-9)2-1-7-11/h3-6H,1-2H2. The molecule has 0 aliphatic heterocycles. The van der Waals surface area contributed by atoms with E-state index in [-0.39, 0.29) is 0 Å². The first kappa shape index (κ1) is 8.69. The fraction of sp³-hybridized carbons (Fsp3) is 0.222. The van der Waals surface area contributed by atoms with E-state index in [1.807, 2.05) is 24.3 Å². The minimum absolute atomic E-state index is 0.778. The van der Waals surface area contributed by atoms with Crippen molar-refractivity contribution < 1.29 is 0 Å². The smallest absolute Gasteiger partial charge is 0.0406 e. The summed E-state index contributed by atoms with van der Waals surface area (Å²) in [5.41, 5.74) is 1.26. The second-order valence-corrected chi connectivity index (χ2v) is 3.00. The predicted molar refractivity (Wildman–Crippen MR) is 52.4 cm³/mol. The first-order chi connectivity index (χ1) is 5.33. The van der Waals surface area contributed by atoms with Crippen LogP contribution in [0.4, 0.5) is 0 Å². The second-order valence-electron chi connectivity index (χ2n) is 2.27. The van der Waals surface area contributed by atoms with Gasteiger partial charge >= 0.3 is 0 Å². The molecule has 0 saturated carbocycles. The van der Waals surface area contributed by atoms with E-state index < -0.39 is 0 Å². The van der Waals surface area contributed by atoms with E-state index >= 15 is 0 Å². The predicted octanol–water partition coefficient (Wildman–Crippen LogP) is 3.15. The molecular weight excluding hydrogens is 176 g/mol. The highest BCUT2D eigenvalue weighted by Crippen LogP contribution is 2.10. The van der Waals surface area contributed by atoms with Gasteiger partial charge in [-0.3, -0.25) is 0 Å². The lowest BCUT2D eigenvalue weighted by atomic mass is 10.1. The normalized spacial score (nSPS) is 9.55. The van der Waals surface area contributed by atoms with Gasteiger partial charge in [0, 0.05) is 10.4 Å². The summed E-state index contributed by atoms with van der Waals surface area (Å²) in [4.78, 5) is 0. The molecule has 1 rings (SSSR count). The maximum atomic E-state index is 5.71. The van der Waals surface area contributed by atoms with Crippen molar-refractivity contribution in [3.05, 3.63) is 34.9 Å². The second kappa shape index (κ2) is 4.47. The average Bonchev–Trinajstić information content (AvgIpc) is 2.04. The van der Waals surface area contributed by atoms with Crippen LogP contribution in [0.3, 0.4) is 0 Å². The Morgan fingerprint density at radius 1 is 1.27 bits per heavy atom. The number of halogens is 1. The molecule has 0 bridgehead atoms. The van der Waals surface area contributed by atoms with Crippen molar-refractivity contribution in [3.63, 3.8) is 0 Å². The highest BCUT2D eigenvalue weighted by Gasteiger charge is 1.90. The van der Waals surface area contributed by atoms with Crippen LogP contribution >= 0.6 is 23.8 Å². The zero-order valence-electron chi connectivity index (χ0n) is 6.01. The number of thiocarbonyl (C=S) groups is 1. The van der Waals surface area contributed by atoms with Gasteiger partial charge in [0.25, 0.3) is 0 Å². The molecule has 1 aromatic carbocycles. The maximum Gasteiger partial charge on any atom is 0.0406 e. The van der Waals surface area contributed by atoms with Crippen molar-refractivity contribution in [1.29, 1.82) is 0 Å². The molecule has 0 amide bonds. The van der Waals surface area contributed by atoms with E-state index in [1.54, 1.807) is 0 Å². The van der Waals surface area contributed by atoms with Gasteiger partial charge in [0.15, 0.2) is 0 Å². The molecule has 11 heavy (non-hydrogen) atoms. The summed E-state index contributed by atoms with van der Waals surface area (Å²) in [5, 5.41) is 3.46. The molecule has 0 heterocycles. The van der Waals surface area contributed by atoms with Crippen molar-refractivity contribution in [2.75, 3.05) is 0 Å². The zero-order valence-corrected chi connectivity index (χ0v) is 7.58. The van der Waals surface area contributed by atoms with Crippen LogP contribution in [0.25, 0.3) is 0 Å².